The Hall–Kier alpha value is -0.0400. The molecular weight excluding hydrogens is 122 g/mol. The summed E-state index contributed by atoms with van der Waals surface area (Å²) in [4.78, 5) is 0. The Labute approximate surface area is 66.7 Å². The fourth-order valence-corrected chi connectivity index (χ4v) is 0.911. The average molecular weight is 145 g/mol. The van der Waals surface area contributed by atoms with Gasteiger partial charge in [-0.2, -0.15) is 0 Å². The van der Waals surface area contributed by atoms with Gasteiger partial charge in [-0.15, -0.1) is 0 Å². The van der Waals surface area contributed by atoms with Crippen LogP contribution in [0.1, 0.15) is 43.0 Å². The van der Waals surface area contributed by atoms with Gasteiger partial charge >= 0.3 is 0 Å². The Morgan fingerprint density at radius 2 is 1.50 bits per heavy atom. The van der Waals surface area contributed by atoms with Gasteiger partial charge in [0, 0.05) is 13.0 Å². The normalized spacial score (nSPS) is 13.2. The fourth-order valence-electron chi connectivity index (χ4n) is 0.911. The highest BCUT2D eigenvalue weighted by Crippen LogP contribution is 2.15. The van der Waals surface area contributed by atoms with Crippen molar-refractivity contribution < 1.29 is 1.43 Å². The molecule has 0 atom stereocenters. The van der Waals surface area contributed by atoms with Gasteiger partial charge in [0.25, 0.3) is 0 Å². The van der Waals surface area contributed by atoms with Crippen molar-refractivity contribution in [3.63, 3.8) is 0 Å². The van der Waals surface area contributed by atoms with E-state index in [9.17, 15) is 0 Å². The fraction of sp³-hybridized carbons (Fsp3) is 1.00. The van der Waals surface area contributed by atoms with Gasteiger partial charge in [0.1, 0.15) is 0 Å². The Morgan fingerprint density at radius 1 is 1.10 bits per heavy atom. The summed E-state index contributed by atoms with van der Waals surface area (Å²) in [6, 6.07) is 0.581. The van der Waals surface area contributed by atoms with Crippen molar-refractivity contribution in [3.05, 3.63) is 0 Å². The first-order valence-electron chi connectivity index (χ1n) is 4.14. The molecule has 0 aromatic heterocycles. The lowest BCUT2D eigenvalue weighted by Gasteiger charge is -2.32. The molecule has 0 aromatic carbocycles. The minimum atomic E-state index is 0. The highest BCUT2D eigenvalue weighted by Gasteiger charge is 2.21. The molecular formula is C9H23N. The van der Waals surface area contributed by atoms with Gasteiger partial charge < -0.3 is 5.32 Å². The predicted molar refractivity (Wildman–Crippen MR) is 49.3 cm³/mol. The molecule has 0 aliphatic rings. The van der Waals surface area contributed by atoms with E-state index in [0.29, 0.717) is 12.0 Å². The number of nitrogens with one attached hydrogen (secondary N) is 1. The van der Waals surface area contributed by atoms with Gasteiger partial charge in [-0.1, -0.05) is 27.7 Å². The molecule has 0 bridgehead atoms. The Balaban J connectivity index is 0. The average Bonchev–Trinajstić information content (AvgIpc) is 1.60. The summed E-state index contributed by atoms with van der Waals surface area (Å²) in [6.07, 6.45) is 0. The molecule has 0 saturated carbocycles. The third kappa shape index (κ3) is 3.21. The van der Waals surface area contributed by atoms with Crippen molar-refractivity contribution in [1.82, 2.24) is 5.32 Å². The zero-order valence-corrected chi connectivity index (χ0v) is 8.15. The summed E-state index contributed by atoms with van der Waals surface area (Å²) in [5.41, 5.74) is 0.272. The predicted octanol–water partition coefficient (Wildman–Crippen LogP) is 2.67. The highest BCUT2D eigenvalue weighted by atomic mass is 15.0. The van der Waals surface area contributed by atoms with Gasteiger partial charge in [-0.25, -0.2) is 0 Å². The Kier molecular flexibility index (Phi) is 3.37. The lowest BCUT2D eigenvalue weighted by atomic mass is 9.90. The van der Waals surface area contributed by atoms with Crippen LogP contribution in [0, 0.1) is 5.92 Å². The highest BCUT2D eigenvalue weighted by molar-refractivity contribution is 4.82. The monoisotopic (exact) mass is 145 g/mol. The zero-order valence-electron chi connectivity index (χ0n) is 8.15. The van der Waals surface area contributed by atoms with Crippen molar-refractivity contribution >= 4 is 0 Å². The number of rotatable bonds is 3. The molecule has 1 nitrogen and oxygen atoms in total. The van der Waals surface area contributed by atoms with Crippen LogP contribution < -0.4 is 5.32 Å². The molecule has 64 valence electrons. The summed E-state index contributed by atoms with van der Waals surface area (Å²) in [5.74, 6) is 0.690. The maximum absolute atomic E-state index is 3.52. The van der Waals surface area contributed by atoms with Crippen LogP contribution in [0.4, 0.5) is 0 Å². The molecule has 0 fully saturated rings. The van der Waals surface area contributed by atoms with Crippen LogP contribution >= 0.6 is 0 Å². The van der Waals surface area contributed by atoms with Crippen LogP contribution in [-0.4, -0.2) is 11.6 Å². The minimum Gasteiger partial charge on any atom is -0.309 e. The standard InChI is InChI=1S/C9H21N.H2/c1-7(2)9(5,6)10-8(3)4;/h7-8,10H,1-6H3;1H. The maximum atomic E-state index is 3.52. The largest absolute Gasteiger partial charge is 0.309 e. The molecule has 0 radical (unpaired) electrons. The lowest BCUT2D eigenvalue weighted by molar-refractivity contribution is 0.267. The molecule has 10 heavy (non-hydrogen) atoms. The summed E-state index contributed by atoms with van der Waals surface area (Å²) in [7, 11) is 0. The smallest absolute Gasteiger partial charge is 0.0150 e. The second-order valence-electron chi connectivity index (χ2n) is 4.18. The third-order valence-electron chi connectivity index (χ3n) is 2.10. The molecule has 0 aromatic rings. The first kappa shape index (κ1) is 9.96. The molecule has 0 spiro atoms. The van der Waals surface area contributed by atoms with Crippen molar-refractivity contribution in [3.8, 4) is 0 Å². The van der Waals surface area contributed by atoms with E-state index in [1.54, 1.807) is 0 Å². The van der Waals surface area contributed by atoms with E-state index in [0.717, 1.165) is 0 Å². The van der Waals surface area contributed by atoms with E-state index in [-0.39, 0.29) is 6.97 Å². The molecule has 0 saturated heterocycles. The zero-order chi connectivity index (χ0) is 8.36. The lowest BCUT2D eigenvalue weighted by Crippen LogP contribution is -2.47. The topological polar surface area (TPSA) is 12.0 Å². The van der Waals surface area contributed by atoms with Crippen molar-refractivity contribution in [2.24, 2.45) is 5.92 Å². The van der Waals surface area contributed by atoms with Crippen LogP contribution in [0.5, 0.6) is 0 Å². The molecule has 0 aliphatic carbocycles. The van der Waals surface area contributed by atoms with E-state index in [1.807, 2.05) is 0 Å². The molecule has 0 unspecified atom stereocenters. The van der Waals surface area contributed by atoms with Crippen molar-refractivity contribution in [1.29, 1.82) is 0 Å². The summed E-state index contributed by atoms with van der Waals surface area (Å²) in [5, 5.41) is 3.52. The second-order valence-corrected chi connectivity index (χ2v) is 4.18. The van der Waals surface area contributed by atoms with E-state index >= 15 is 0 Å². The minimum absolute atomic E-state index is 0. The summed E-state index contributed by atoms with van der Waals surface area (Å²) < 4.78 is 0. The van der Waals surface area contributed by atoms with E-state index < -0.39 is 0 Å². The van der Waals surface area contributed by atoms with Crippen LogP contribution in [0.2, 0.25) is 0 Å². The molecule has 1 heteroatoms. The molecule has 0 heterocycles. The first-order chi connectivity index (χ1) is 4.36. The van der Waals surface area contributed by atoms with Gasteiger partial charge in [-0.05, 0) is 19.8 Å². The third-order valence-corrected chi connectivity index (χ3v) is 2.10. The van der Waals surface area contributed by atoms with Crippen LogP contribution in [-0.2, 0) is 0 Å². The maximum Gasteiger partial charge on any atom is 0.0150 e. The van der Waals surface area contributed by atoms with E-state index in [2.05, 4.69) is 46.9 Å². The number of hydrogen-bond acceptors (Lipinski definition) is 1. The van der Waals surface area contributed by atoms with Crippen LogP contribution in [0.15, 0.2) is 0 Å². The molecule has 0 rings (SSSR count). The Bertz CT molecular complexity index is 97.7. The van der Waals surface area contributed by atoms with Crippen molar-refractivity contribution in [2.45, 2.75) is 53.1 Å². The van der Waals surface area contributed by atoms with E-state index in [1.165, 1.54) is 0 Å². The number of hydrogen-bond donors (Lipinski definition) is 1. The van der Waals surface area contributed by atoms with Gasteiger partial charge in [-0.3, -0.25) is 0 Å². The van der Waals surface area contributed by atoms with Gasteiger partial charge in [0.15, 0.2) is 0 Å². The molecule has 0 aliphatic heterocycles. The van der Waals surface area contributed by atoms with Gasteiger partial charge in [0.2, 0.25) is 0 Å². The van der Waals surface area contributed by atoms with Crippen molar-refractivity contribution in [2.75, 3.05) is 0 Å². The Morgan fingerprint density at radius 3 is 1.60 bits per heavy atom. The van der Waals surface area contributed by atoms with Crippen LogP contribution in [0.3, 0.4) is 0 Å². The first-order valence-corrected chi connectivity index (χ1v) is 4.14. The SMILES string of the molecule is CC(C)NC(C)(C)C(C)C.[HH]. The van der Waals surface area contributed by atoms with Crippen LogP contribution in [0.25, 0.3) is 0 Å². The molecule has 1 N–H and O–H groups in total. The summed E-state index contributed by atoms with van der Waals surface area (Å²) >= 11 is 0. The second kappa shape index (κ2) is 3.38. The van der Waals surface area contributed by atoms with Gasteiger partial charge in [0.05, 0.1) is 0 Å². The molecule has 0 amide bonds. The van der Waals surface area contributed by atoms with E-state index in [4.69, 9.17) is 0 Å². The summed E-state index contributed by atoms with van der Waals surface area (Å²) in [6.45, 7) is 13.4. The quantitative estimate of drug-likeness (QED) is 0.644.